The normalized spacial score (nSPS) is 29.0. The first-order valence-corrected chi connectivity index (χ1v) is 8.39. The maximum Gasteiger partial charge on any atom is 0.150 e. The van der Waals surface area contributed by atoms with Gasteiger partial charge < -0.3 is 11.5 Å². The second-order valence-electron chi connectivity index (χ2n) is 4.25. The van der Waals surface area contributed by atoms with Crippen molar-refractivity contribution in [3.63, 3.8) is 0 Å². The van der Waals surface area contributed by atoms with E-state index in [-0.39, 0.29) is 11.8 Å². The van der Waals surface area contributed by atoms with Gasteiger partial charge in [0.15, 0.2) is 0 Å². The fourth-order valence-electron chi connectivity index (χ4n) is 1.74. The SMILES string of the molecule is NCCCC1CCCCC(=O)C(N)CSS1. The van der Waals surface area contributed by atoms with Gasteiger partial charge in [-0.05, 0) is 32.2 Å². The highest BCUT2D eigenvalue weighted by molar-refractivity contribution is 8.76. The van der Waals surface area contributed by atoms with Crippen LogP contribution in [0.2, 0.25) is 0 Å². The fourth-order valence-corrected chi connectivity index (χ4v) is 4.70. The van der Waals surface area contributed by atoms with Crippen LogP contribution in [0.5, 0.6) is 0 Å². The quantitative estimate of drug-likeness (QED) is 0.761. The molecule has 1 aliphatic rings. The smallest absolute Gasteiger partial charge is 0.150 e. The minimum absolute atomic E-state index is 0.230. The number of ketones is 1. The predicted molar refractivity (Wildman–Crippen MR) is 73.6 cm³/mol. The summed E-state index contributed by atoms with van der Waals surface area (Å²) in [4.78, 5) is 11.5. The van der Waals surface area contributed by atoms with Crippen LogP contribution in [0.25, 0.3) is 0 Å². The minimum atomic E-state index is -0.259. The summed E-state index contributed by atoms with van der Waals surface area (Å²) in [6.45, 7) is 0.778. The number of hydrogen-bond donors (Lipinski definition) is 2. The first-order chi connectivity index (χ1) is 7.74. The molecular weight excluding hydrogens is 240 g/mol. The molecule has 0 aromatic rings. The first kappa shape index (κ1) is 14.4. The van der Waals surface area contributed by atoms with Gasteiger partial charge in [-0.15, -0.1) is 0 Å². The maximum absolute atomic E-state index is 11.5. The zero-order valence-electron chi connectivity index (χ0n) is 9.69. The molecule has 4 N–H and O–H groups in total. The van der Waals surface area contributed by atoms with E-state index in [4.69, 9.17) is 11.5 Å². The fraction of sp³-hybridized carbons (Fsp3) is 0.909. The molecule has 5 heteroatoms. The Hall–Kier alpha value is 0.290. The van der Waals surface area contributed by atoms with Crippen LogP contribution < -0.4 is 11.5 Å². The van der Waals surface area contributed by atoms with E-state index >= 15 is 0 Å². The van der Waals surface area contributed by atoms with E-state index in [1.54, 1.807) is 10.8 Å². The number of rotatable bonds is 3. The third kappa shape index (κ3) is 5.57. The monoisotopic (exact) mass is 262 g/mol. The molecule has 2 atom stereocenters. The first-order valence-electron chi connectivity index (χ1n) is 6.00. The van der Waals surface area contributed by atoms with Crippen LogP contribution in [0.4, 0.5) is 0 Å². The molecule has 2 unspecified atom stereocenters. The summed E-state index contributed by atoms with van der Waals surface area (Å²) in [5.41, 5.74) is 11.3. The van der Waals surface area contributed by atoms with Gasteiger partial charge in [-0.1, -0.05) is 28.0 Å². The Morgan fingerprint density at radius 1 is 1.38 bits per heavy atom. The standard InChI is InChI=1S/C11H22N2OS2/c12-7-3-5-9-4-1-2-6-11(14)10(13)8-15-16-9/h9-10H,1-8,12-13H2. The second-order valence-corrected chi connectivity index (χ2v) is 6.96. The molecule has 0 saturated carbocycles. The van der Waals surface area contributed by atoms with Gasteiger partial charge in [0, 0.05) is 17.4 Å². The van der Waals surface area contributed by atoms with Gasteiger partial charge >= 0.3 is 0 Å². The Kier molecular flexibility index (Phi) is 7.53. The van der Waals surface area contributed by atoms with Gasteiger partial charge in [0.25, 0.3) is 0 Å². The van der Waals surface area contributed by atoms with E-state index in [2.05, 4.69) is 0 Å². The number of carbonyl (C=O) groups excluding carboxylic acids is 1. The summed E-state index contributed by atoms with van der Waals surface area (Å²) in [5.74, 6) is 0.983. The number of nitrogens with two attached hydrogens (primary N) is 2. The summed E-state index contributed by atoms with van der Waals surface area (Å²) >= 11 is 0. The number of hydrogen-bond acceptors (Lipinski definition) is 5. The highest BCUT2D eigenvalue weighted by Gasteiger charge is 2.17. The third-order valence-corrected chi connectivity index (χ3v) is 5.80. The van der Waals surface area contributed by atoms with Crippen LogP contribution in [0.1, 0.15) is 38.5 Å². The summed E-state index contributed by atoms with van der Waals surface area (Å²) in [5, 5.41) is 0.689. The molecule has 94 valence electrons. The van der Waals surface area contributed by atoms with Crippen molar-refractivity contribution in [2.75, 3.05) is 12.3 Å². The van der Waals surface area contributed by atoms with Crippen LogP contribution in [0.3, 0.4) is 0 Å². The summed E-state index contributed by atoms with van der Waals surface area (Å²) in [6.07, 6.45) is 6.30. The van der Waals surface area contributed by atoms with Gasteiger partial charge in [0.2, 0.25) is 0 Å². The lowest BCUT2D eigenvalue weighted by molar-refractivity contribution is -0.119. The van der Waals surface area contributed by atoms with E-state index in [9.17, 15) is 4.79 Å². The van der Waals surface area contributed by atoms with E-state index in [0.29, 0.717) is 11.7 Å². The van der Waals surface area contributed by atoms with Crippen LogP contribution in [0, 0.1) is 0 Å². The summed E-state index contributed by atoms with van der Waals surface area (Å²) in [6, 6.07) is -0.259. The zero-order chi connectivity index (χ0) is 11.8. The van der Waals surface area contributed by atoms with Crippen LogP contribution in [-0.4, -0.2) is 29.4 Å². The lowest BCUT2D eigenvalue weighted by Gasteiger charge is -2.18. The highest BCUT2D eigenvalue weighted by atomic mass is 33.1. The molecule has 1 rings (SSSR count). The molecule has 0 spiro atoms. The maximum atomic E-state index is 11.5. The third-order valence-electron chi connectivity index (χ3n) is 2.79. The molecule has 1 heterocycles. The molecular formula is C11H22N2OS2. The Labute approximate surface area is 106 Å². The predicted octanol–water partition coefficient (Wildman–Crippen LogP) is 1.95. The van der Waals surface area contributed by atoms with Crippen molar-refractivity contribution in [1.29, 1.82) is 0 Å². The van der Waals surface area contributed by atoms with Crippen LogP contribution in [-0.2, 0) is 4.79 Å². The van der Waals surface area contributed by atoms with E-state index in [1.165, 1.54) is 12.8 Å². The Bertz CT molecular complexity index is 214. The number of Topliss-reactive ketones (excluding diaryl/α,β-unsaturated/α-hetero) is 1. The molecule has 1 aliphatic heterocycles. The molecule has 16 heavy (non-hydrogen) atoms. The lowest BCUT2D eigenvalue weighted by Crippen LogP contribution is -2.32. The Morgan fingerprint density at radius 3 is 2.94 bits per heavy atom. The van der Waals surface area contributed by atoms with Crippen molar-refractivity contribution >= 4 is 27.4 Å². The zero-order valence-corrected chi connectivity index (χ0v) is 11.3. The van der Waals surface area contributed by atoms with Crippen LogP contribution >= 0.6 is 21.6 Å². The number of carbonyl (C=O) groups is 1. The largest absolute Gasteiger partial charge is 0.330 e. The van der Waals surface area contributed by atoms with Gasteiger partial charge in [0.1, 0.15) is 5.78 Å². The highest BCUT2D eigenvalue weighted by Crippen LogP contribution is 2.34. The lowest BCUT2D eigenvalue weighted by atomic mass is 10.0. The van der Waals surface area contributed by atoms with Gasteiger partial charge in [-0.2, -0.15) is 0 Å². The molecule has 3 nitrogen and oxygen atoms in total. The van der Waals surface area contributed by atoms with Crippen molar-refractivity contribution in [3.05, 3.63) is 0 Å². The summed E-state index contributed by atoms with van der Waals surface area (Å²) in [7, 11) is 3.65. The van der Waals surface area contributed by atoms with Gasteiger partial charge in [-0.25, -0.2) is 0 Å². The van der Waals surface area contributed by atoms with Crippen molar-refractivity contribution in [1.82, 2.24) is 0 Å². The van der Waals surface area contributed by atoms with E-state index in [1.807, 2.05) is 10.8 Å². The molecule has 0 radical (unpaired) electrons. The van der Waals surface area contributed by atoms with Crippen molar-refractivity contribution in [2.24, 2.45) is 11.5 Å². The topological polar surface area (TPSA) is 69.1 Å². The molecule has 0 aromatic carbocycles. The molecule has 0 amide bonds. The second kappa shape index (κ2) is 8.39. The minimum Gasteiger partial charge on any atom is -0.330 e. The average Bonchev–Trinajstić information content (AvgIpc) is 2.29. The molecule has 1 fully saturated rings. The van der Waals surface area contributed by atoms with Crippen LogP contribution in [0.15, 0.2) is 0 Å². The van der Waals surface area contributed by atoms with E-state index in [0.717, 1.165) is 31.6 Å². The average molecular weight is 262 g/mol. The van der Waals surface area contributed by atoms with Crippen molar-refractivity contribution in [3.8, 4) is 0 Å². The van der Waals surface area contributed by atoms with E-state index < -0.39 is 0 Å². The molecule has 0 aromatic heterocycles. The summed E-state index contributed by atoms with van der Waals surface area (Å²) < 4.78 is 0. The van der Waals surface area contributed by atoms with Crippen molar-refractivity contribution < 1.29 is 4.79 Å². The molecule has 1 saturated heterocycles. The van der Waals surface area contributed by atoms with Crippen molar-refractivity contribution in [2.45, 2.75) is 49.8 Å². The Balaban J connectivity index is 2.34. The molecule has 0 bridgehead atoms. The Morgan fingerprint density at radius 2 is 2.19 bits per heavy atom. The molecule has 0 aliphatic carbocycles. The van der Waals surface area contributed by atoms with Gasteiger partial charge in [0.05, 0.1) is 6.04 Å². The van der Waals surface area contributed by atoms with Gasteiger partial charge in [-0.3, -0.25) is 4.79 Å².